The molecule has 0 aliphatic rings. The normalized spacial score (nSPS) is 10.2. The second kappa shape index (κ2) is 6.32. The predicted molar refractivity (Wildman–Crippen MR) is 58.9 cm³/mol. The molecule has 0 heterocycles. The standard InChI is InChI=1S/C11H17NO4/c1-14-7-9-4-8(6-12-13)10(15-2)5-11(9)16-3/h4-5,12-13H,6-7H2,1-3H3. The highest BCUT2D eigenvalue weighted by Crippen LogP contribution is 2.29. The Morgan fingerprint density at radius 3 is 2.19 bits per heavy atom. The average Bonchev–Trinajstić information content (AvgIpc) is 2.30. The first-order valence-electron chi connectivity index (χ1n) is 4.86. The van der Waals surface area contributed by atoms with Crippen LogP contribution in [-0.2, 0) is 17.9 Å². The van der Waals surface area contributed by atoms with Gasteiger partial charge in [-0.15, -0.1) is 0 Å². The van der Waals surface area contributed by atoms with Crippen molar-refractivity contribution in [1.29, 1.82) is 0 Å². The van der Waals surface area contributed by atoms with Gasteiger partial charge < -0.3 is 19.4 Å². The van der Waals surface area contributed by atoms with Gasteiger partial charge in [0.25, 0.3) is 0 Å². The molecule has 0 unspecified atom stereocenters. The van der Waals surface area contributed by atoms with Gasteiger partial charge in [-0.05, 0) is 6.07 Å². The summed E-state index contributed by atoms with van der Waals surface area (Å²) >= 11 is 0. The van der Waals surface area contributed by atoms with Gasteiger partial charge in [0, 0.05) is 30.8 Å². The topological polar surface area (TPSA) is 60.0 Å². The van der Waals surface area contributed by atoms with Crippen LogP contribution in [0.15, 0.2) is 12.1 Å². The third-order valence-electron chi connectivity index (χ3n) is 2.25. The van der Waals surface area contributed by atoms with Crippen LogP contribution in [0.25, 0.3) is 0 Å². The summed E-state index contributed by atoms with van der Waals surface area (Å²) in [6.07, 6.45) is 0. The predicted octanol–water partition coefficient (Wildman–Crippen LogP) is 1.33. The highest BCUT2D eigenvalue weighted by Gasteiger charge is 2.10. The molecule has 2 N–H and O–H groups in total. The minimum atomic E-state index is 0.309. The van der Waals surface area contributed by atoms with Gasteiger partial charge in [-0.25, -0.2) is 5.48 Å². The molecular formula is C11H17NO4. The molecule has 0 saturated carbocycles. The van der Waals surface area contributed by atoms with E-state index in [9.17, 15) is 0 Å². The van der Waals surface area contributed by atoms with Gasteiger partial charge in [-0.1, -0.05) is 0 Å². The molecule has 1 aromatic rings. The number of nitrogens with one attached hydrogen (secondary N) is 1. The summed E-state index contributed by atoms with van der Waals surface area (Å²) in [6.45, 7) is 0.759. The molecule has 90 valence electrons. The first-order valence-corrected chi connectivity index (χ1v) is 4.86. The van der Waals surface area contributed by atoms with E-state index in [-0.39, 0.29) is 0 Å². The Morgan fingerprint density at radius 1 is 1.06 bits per heavy atom. The monoisotopic (exact) mass is 227 g/mol. The second-order valence-electron chi connectivity index (χ2n) is 3.24. The van der Waals surface area contributed by atoms with Gasteiger partial charge in [0.1, 0.15) is 11.5 Å². The molecule has 0 radical (unpaired) electrons. The van der Waals surface area contributed by atoms with Gasteiger partial charge in [0.05, 0.1) is 20.8 Å². The number of rotatable bonds is 6. The van der Waals surface area contributed by atoms with Crippen molar-refractivity contribution in [3.8, 4) is 11.5 Å². The van der Waals surface area contributed by atoms with Crippen LogP contribution in [-0.4, -0.2) is 26.5 Å². The average molecular weight is 227 g/mol. The van der Waals surface area contributed by atoms with Gasteiger partial charge in [0.15, 0.2) is 0 Å². The lowest BCUT2D eigenvalue weighted by molar-refractivity contribution is 0.159. The molecule has 0 fully saturated rings. The van der Waals surface area contributed by atoms with E-state index in [4.69, 9.17) is 19.4 Å². The Hall–Kier alpha value is -1.30. The van der Waals surface area contributed by atoms with Crippen LogP contribution in [0.5, 0.6) is 11.5 Å². The van der Waals surface area contributed by atoms with Crippen molar-refractivity contribution in [2.75, 3.05) is 21.3 Å². The molecule has 0 aromatic heterocycles. The summed E-state index contributed by atoms with van der Waals surface area (Å²) in [4.78, 5) is 0. The van der Waals surface area contributed by atoms with E-state index in [0.717, 1.165) is 11.1 Å². The Morgan fingerprint density at radius 2 is 1.69 bits per heavy atom. The summed E-state index contributed by atoms with van der Waals surface area (Å²) in [5, 5.41) is 8.72. The minimum absolute atomic E-state index is 0.309. The Bertz CT molecular complexity index is 312. The van der Waals surface area contributed by atoms with Crippen molar-refractivity contribution in [2.24, 2.45) is 0 Å². The van der Waals surface area contributed by atoms with Crippen LogP contribution in [0.4, 0.5) is 0 Å². The first kappa shape index (κ1) is 12.8. The Balaban J connectivity index is 3.12. The SMILES string of the molecule is COCc1cc(CNO)c(OC)cc1OC. The van der Waals surface area contributed by atoms with Crippen LogP contribution in [0.2, 0.25) is 0 Å². The number of hydroxylamine groups is 1. The zero-order valence-electron chi connectivity index (χ0n) is 9.74. The van der Waals surface area contributed by atoms with E-state index in [1.165, 1.54) is 0 Å². The molecule has 0 saturated heterocycles. The van der Waals surface area contributed by atoms with Gasteiger partial charge >= 0.3 is 0 Å². The molecule has 0 aliphatic carbocycles. The van der Waals surface area contributed by atoms with Crippen molar-refractivity contribution < 1.29 is 19.4 Å². The third kappa shape index (κ3) is 2.85. The second-order valence-corrected chi connectivity index (χ2v) is 3.24. The van der Waals surface area contributed by atoms with Crippen molar-refractivity contribution in [1.82, 2.24) is 5.48 Å². The lowest BCUT2D eigenvalue weighted by Gasteiger charge is -2.14. The molecule has 16 heavy (non-hydrogen) atoms. The van der Waals surface area contributed by atoms with E-state index in [2.05, 4.69) is 5.48 Å². The first-order chi connectivity index (χ1) is 7.76. The Kier molecular flexibility index (Phi) is 5.04. The summed E-state index contributed by atoms with van der Waals surface area (Å²) in [5.74, 6) is 1.37. The molecule has 0 aliphatic heterocycles. The highest BCUT2D eigenvalue weighted by molar-refractivity contribution is 5.46. The van der Waals surface area contributed by atoms with Crippen LogP contribution >= 0.6 is 0 Å². The summed E-state index contributed by atoms with van der Waals surface area (Å²) < 4.78 is 15.5. The molecule has 0 bridgehead atoms. The fourth-order valence-electron chi connectivity index (χ4n) is 1.53. The van der Waals surface area contributed by atoms with E-state index in [1.807, 2.05) is 6.07 Å². The fourth-order valence-corrected chi connectivity index (χ4v) is 1.53. The maximum absolute atomic E-state index is 8.72. The largest absolute Gasteiger partial charge is 0.496 e. The molecule has 5 heteroatoms. The lowest BCUT2D eigenvalue weighted by Crippen LogP contribution is -2.09. The smallest absolute Gasteiger partial charge is 0.128 e. The third-order valence-corrected chi connectivity index (χ3v) is 2.25. The molecule has 0 spiro atoms. The molecule has 0 amide bonds. The number of methoxy groups -OCH3 is 3. The van der Waals surface area contributed by atoms with E-state index in [1.54, 1.807) is 27.4 Å². The van der Waals surface area contributed by atoms with Crippen molar-refractivity contribution in [3.05, 3.63) is 23.3 Å². The number of hydrogen-bond donors (Lipinski definition) is 2. The summed E-state index contributed by atoms with van der Waals surface area (Å²) in [6, 6.07) is 3.66. The summed E-state index contributed by atoms with van der Waals surface area (Å²) in [5.41, 5.74) is 3.86. The maximum Gasteiger partial charge on any atom is 0.128 e. The number of ether oxygens (including phenoxy) is 3. The van der Waals surface area contributed by atoms with Crippen LogP contribution < -0.4 is 15.0 Å². The number of benzene rings is 1. The molecular weight excluding hydrogens is 210 g/mol. The van der Waals surface area contributed by atoms with Gasteiger partial charge in [-0.3, -0.25) is 0 Å². The van der Waals surface area contributed by atoms with Crippen LogP contribution in [0, 0.1) is 0 Å². The molecule has 5 nitrogen and oxygen atoms in total. The quantitative estimate of drug-likeness (QED) is 0.718. The van der Waals surface area contributed by atoms with E-state index < -0.39 is 0 Å². The zero-order chi connectivity index (χ0) is 12.0. The van der Waals surface area contributed by atoms with E-state index >= 15 is 0 Å². The zero-order valence-corrected chi connectivity index (χ0v) is 9.74. The minimum Gasteiger partial charge on any atom is -0.496 e. The van der Waals surface area contributed by atoms with Crippen molar-refractivity contribution >= 4 is 0 Å². The lowest BCUT2D eigenvalue weighted by atomic mass is 10.1. The van der Waals surface area contributed by atoms with Gasteiger partial charge in [-0.2, -0.15) is 0 Å². The van der Waals surface area contributed by atoms with E-state index in [0.29, 0.717) is 24.7 Å². The van der Waals surface area contributed by atoms with Crippen molar-refractivity contribution in [2.45, 2.75) is 13.2 Å². The maximum atomic E-state index is 8.72. The molecule has 0 atom stereocenters. The van der Waals surface area contributed by atoms with Crippen LogP contribution in [0.3, 0.4) is 0 Å². The van der Waals surface area contributed by atoms with Crippen LogP contribution in [0.1, 0.15) is 11.1 Å². The highest BCUT2D eigenvalue weighted by atomic mass is 16.5. The van der Waals surface area contributed by atoms with Crippen molar-refractivity contribution in [3.63, 3.8) is 0 Å². The fraction of sp³-hybridized carbons (Fsp3) is 0.455. The molecule has 1 rings (SSSR count). The molecule has 1 aromatic carbocycles. The summed E-state index contributed by atoms with van der Waals surface area (Å²) in [7, 11) is 4.79. The Labute approximate surface area is 94.9 Å². The van der Waals surface area contributed by atoms with Gasteiger partial charge in [0.2, 0.25) is 0 Å². The number of hydrogen-bond acceptors (Lipinski definition) is 5.